The van der Waals surface area contributed by atoms with Crippen molar-refractivity contribution in [3.8, 4) is 17.2 Å². The lowest BCUT2D eigenvalue weighted by Gasteiger charge is -2.39. The molecule has 0 atom stereocenters. The Kier molecular flexibility index (Phi) is 27.3. The van der Waals surface area contributed by atoms with Gasteiger partial charge in [0.25, 0.3) is 0 Å². The molecule has 0 bridgehead atoms. The van der Waals surface area contributed by atoms with E-state index in [1.165, 1.54) is 70.6 Å². The van der Waals surface area contributed by atoms with Gasteiger partial charge in [0.05, 0.1) is 17.8 Å². The van der Waals surface area contributed by atoms with E-state index < -0.39 is 117 Å². The highest BCUT2D eigenvalue weighted by molar-refractivity contribution is 9.09. The number of ether oxygens (including phenoxy) is 4. The Bertz CT molecular complexity index is 2700. The fourth-order valence-electron chi connectivity index (χ4n) is 16.1. The van der Waals surface area contributed by atoms with Gasteiger partial charge < -0.3 is 14.2 Å². The molecule has 0 N–H and O–H groups in total. The largest absolute Gasteiger partial charge is 0.527 e. The molecule has 6 saturated carbocycles. The maximum Gasteiger partial charge on any atom is 0.527 e. The zero-order valence-corrected chi connectivity index (χ0v) is 54.5. The van der Waals surface area contributed by atoms with Gasteiger partial charge in [-0.25, -0.2) is 31.1 Å². The molecule has 0 heterocycles. The fraction of sp³-hybridized carbons (Fsp3) is 0.739. The van der Waals surface area contributed by atoms with E-state index in [1.807, 2.05) is 15.9 Å². The zero-order valence-electron chi connectivity index (χ0n) is 52.9. The second-order valence-electron chi connectivity index (χ2n) is 27.2. The molecule has 0 aromatic heterocycles. The van der Waals surface area contributed by atoms with E-state index in [4.69, 9.17) is 4.74 Å². The van der Waals surface area contributed by atoms with Crippen LogP contribution in [0.5, 0.6) is 17.2 Å². The maximum atomic E-state index is 14.7. The van der Waals surface area contributed by atoms with Gasteiger partial charge in [0.2, 0.25) is 0 Å². The quantitative estimate of drug-likeness (QED) is 0.0787. The molecule has 6 aliphatic rings. The van der Waals surface area contributed by atoms with Crippen molar-refractivity contribution in [1.82, 2.24) is 0 Å². The van der Waals surface area contributed by atoms with Gasteiger partial charge in [-0.15, -0.1) is 13.2 Å². The summed E-state index contributed by atoms with van der Waals surface area (Å²) in [7, 11) is 0. The Morgan fingerprint density at radius 3 is 0.806 bits per heavy atom. The average molecular weight is 1420 g/mol. The van der Waals surface area contributed by atoms with Crippen LogP contribution in [0.1, 0.15) is 225 Å². The number of halogens is 20. The van der Waals surface area contributed by atoms with E-state index in [-0.39, 0.29) is 37.8 Å². The average Bonchev–Trinajstić information content (AvgIpc) is 0.798. The second-order valence-corrected chi connectivity index (χ2v) is 28.2. The summed E-state index contributed by atoms with van der Waals surface area (Å²) >= 11 is 1.88. The van der Waals surface area contributed by atoms with Gasteiger partial charge in [-0.3, -0.25) is 0 Å². The first-order valence-corrected chi connectivity index (χ1v) is 34.3. The van der Waals surface area contributed by atoms with Crippen molar-refractivity contribution in [1.29, 1.82) is 0 Å². The molecule has 24 heteroatoms. The third-order valence-corrected chi connectivity index (χ3v) is 21.4. The lowest BCUT2D eigenvalue weighted by Crippen LogP contribution is -2.38. The molecule has 0 unspecified atom stereocenters. The van der Waals surface area contributed by atoms with Crippen LogP contribution in [0.4, 0.5) is 83.4 Å². The summed E-state index contributed by atoms with van der Waals surface area (Å²) in [5.41, 5.74) is -3.88. The van der Waals surface area contributed by atoms with Crippen LogP contribution < -0.4 is 14.2 Å². The molecule has 0 saturated heterocycles. The number of rotatable bonds is 21. The van der Waals surface area contributed by atoms with Gasteiger partial charge in [-0.05, 0) is 185 Å². The summed E-state index contributed by atoms with van der Waals surface area (Å²) in [5.74, 6) is -9.63. The van der Waals surface area contributed by atoms with Crippen LogP contribution >= 0.6 is 15.9 Å². The molecular weight excluding hydrogens is 1330 g/mol. The van der Waals surface area contributed by atoms with Gasteiger partial charge in [0.15, 0.2) is 0 Å². The minimum absolute atomic E-state index is 0.000344. The van der Waals surface area contributed by atoms with Crippen LogP contribution in [-0.2, 0) is 15.7 Å². The van der Waals surface area contributed by atoms with Crippen molar-refractivity contribution in [3.05, 3.63) is 88.5 Å². The molecular formula is C69H88BrF19O4. The highest BCUT2D eigenvalue weighted by Crippen LogP contribution is 2.51. The maximum absolute atomic E-state index is 14.7. The van der Waals surface area contributed by atoms with Gasteiger partial charge in [-0.2, -0.15) is 43.9 Å². The summed E-state index contributed by atoms with van der Waals surface area (Å²) in [4.78, 5) is -3.95. The van der Waals surface area contributed by atoms with Gasteiger partial charge in [-0.1, -0.05) is 97.8 Å². The molecule has 93 heavy (non-hydrogen) atoms. The molecule has 3 aromatic rings. The monoisotopic (exact) mass is 1420 g/mol. The molecule has 0 aliphatic heterocycles. The first kappa shape index (κ1) is 76.5. The highest BCUT2D eigenvalue weighted by Gasteiger charge is 2.52. The molecule has 6 fully saturated rings. The highest BCUT2D eigenvalue weighted by atomic mass is 79.9. The normalized spacial score (nSPS) is 27.9. The summed E-state index contributed by atoms with van der Waals surface area (Å²) < 4.78 is 276. The molecule has 0 spiro atoms. The third-order valence-electron chi connectivity index (χ3n) is 21.0. The van der Waals surface area contributed by atoms with E-state index in [9.17, 15) is 83.4 Å². The number of hydrogen-bond donors (Lipinski definition) is 0. The lowest BCUT2D eigenvalue weighted by molar-refractivity contribution is -0.432. The van der Waals surface area contributed by atoms with Gasteiger partial charge in [0, 0.05) is 42.5 Å². The second kappa shape index (κ2) is 33.1. The topological polar surface area (TPSA) is 36.9 Å². The predicted octanol–water partition coefficient (Wildman–Crippen LogP) is 25.1. The standard InChI is InChI=1S/C24H29F9O2.C23H29BrF6O.C22H30F4O/c1-2-3-14-4-6-15(7-5-14)16-8-10-17(11-9-16)22(27,28)34-18-12-19(25)21(20(26)13-18)23(29,30)35-24(31,32)33;1-2-3-14-4-6-15(7-5-14)16-8-10-17(11-9-16)23(29,30)31-18-12-19(25)21(20(26)13-18)22(24,27)28;1-2-3-15-4-6-16(7-5-15)17-8-10-18(11-9-17)22(25,26)27-21-13-19(23)12-20(24)14-21/h12-17H,2-11H2,1H3;12-17H,2-11H2,1H3;12-18H,2-11H2,1H3. The van der Waals surface area contributed by atoms with E-state index in [0.717, 1.165) is 87.7 Å². The van der Waals surface area contributed by atoms with Crippen LogP contribution in [0.25, 0.3) is 0 Å². The summed E-state index contributed by atoms with van der Waals surface area (Å²) in [5, 5.41) is 0. The minimum Gasteiger partial charge on any atom is -0.432 e. The van der Waals surface area contributed by atoms with Crippen molar-refractivity contribution in [2.75, 3.05) is 0 Å². The zero-order chi connectivity index (χ0) is 68.3. The molecule has 4 nitrogen and oxygen atoms in total. The Morgan fingerprint density at radius 1 is 0.333 bits per heavy atom. The number of alkyl halides is 14. The Hall–Kier alpha value is -3.83. The van der Waals surface area contributed by atoms with Gasteiger partial charge >= 0.3 is 35.6 Å². The lowest BCUT2D eigenvalue weighted by atomic mass is 9.68. The van der Waals surface area contributed by atoms with Crippen LogP contribution in [-0.4, -0.2) is 24.7 Å². The Balaban J connectivity index is 0.000000199. The summed E-state index contributed by atoms with van der Waals surface area (Å²) in [6, 6.07) is 3.00. The van der Waals surface area contributed by atoms with Gasteiger partial charge in [0.1, 0.15) is 63.3 Å². The summed E-state index contributed by atoms with van der Waals surface area (Å²) in [6.45, 7) is 6.59. The van der Waals surface area contributed by atoms with Crippen molar-refractivity contribution < 1.29 is 102 Å². The number of hydrogen-bond acceptors (Lipinski definition) is 4. The summed E-state index contributed by atoms with van der Waals surface area (Å²) in [6.07, 6.45) is 5.19. The van der Waals surface area contributed by atoms with Crippen molar-refractivity contribution in [2.45, 2.75) is 249 Å². The van der Waals surface area contributed by atoms with Crippen molar-refractivity contribution >= 4 is 15.9 Å². The Morgan fingerprint density at radius 2 is 0.570 bits per heavy atom. The molecule has 0 radical (unpaired) electrons. The molecule has 528 valence electrons. The SMILES string of the molecule is CCCC1CCC(C2CCC(C(F)(F)Oc3cc(F)c(C(F)(F)Br)c(F)c3)CC2)CC1.CCCC1CCC(C2CCC(C(F)(F)Oc3cc(F)c(C(F)(F)OC(F)(F)F)c(F)c3)CC2)CC1.CCCC1CCC(C2CCC(C(F)(F)Oc3cc(F)cc(F)c3)CC2)CC1. The van der Waals surface area contributed by atoms with Crippen LogP contribution in [0.15, 0.2) is 42.5 Å². The van der Waals surface area contributed by atoms with E-state index in [2.05, 4.69) is 35.0 Å². The Labute approximate surface area is 542 Å². The minimum atomic E-state index is -5.89. The third kappa shape index (κ3) is 22.1. The smallest absolute Gasteiger partial charge is 0.432 e. The molecule has 0 amide bonds. The van der Waals surface area contributed by atoms with Crippen LogP contribution in [0, 0.1) is 106 Å². The first-order valence-electron chi connectivity index (χ1n) is 33.5. The van der Waals surface area contributed by atoms with E-state index in [1.54, 1.807) is 0 Å². The first-order chi connectivity index (χ1) is 43.6. The molecule has 3 aromatic carbocycles. The number of benzene rings is 3. The van der Waals surface area contributed by atoms with E-state index >= 15 is 0 Å². The van der Waals surface area contributed by atoms with Crippen LogP contribution in [0.3, 0.4) is 0 Å². The van der Waals surface area contributed by atoms with Crippen molar-refractivity contribution in [3.63, 3.8) is 0 Å². The predicted molar refractivity (Wildman–Crippen MR) is 317 cm³/mol. The van der Waals surface area contributed by atoms with E-state index in [0.29, 0.717) is 92.2 Å². The molecule has 6 aliphatic carbocycles. The molecule has 9 rings (SSSR count). The van der Waals surface area contributed by atoms with Crippen LogP contribution in [0.2, 0.25) is 0 Å². The fourth-order valence-corrected chi connectivity index (χ4v) is 16.5. The van der Waals surface area contributed by atoms with Crippen molar-refractivity contribution in [2.24, 2.45) is 71.0 Å².